The van der Waals surface area contributed by atoms with E-state index in [4.69, 9.17) is 23.2 Å². The van der Waals surface area contributed by atoms with E-state index < -0.39 is 15.9 Å². The first-order valence-electron chi connectivity index (χ1n) is 9.94. The van der Waals surface area contributed by atoms with Crippen LogP contribution < -0.4 is 5.32 Å². The van der Waals surface area contributed by atoms with Gasteiger partial charge in [0.25, 0.3) is 0 Å². The van der Waals surface area contributed by atoms with Crippen LogP contribution in [0.1, 0.15) is 22.3 Å². The summed E-state index contributed by atoms with van der Waals surface area (Å²) in [7, 11) is -3.96. The minimum absolute atomic E-state index is 0.0768. The first-order valence-corrected chi connectivity index (χ1v) is 12.1. The van der Waals surface area contributed by atoms with Gasteiger partial charge in [0.05, 0.1) is 11.4 Å². The molecule has 0 bridgehead atoms. The molecule has 0 saturated heterocycles. The van der Waals surface area contributed by atoms with Gasteiger partial charge in [-0.1, -0.05) is 53.0 Å². The van der Waals surface area contributed by atoms with Gasteiger partial charge in [0.1, 0.15) is 0 Å². The molecule has 0 radical (unpaired) electrons. The van der Waals surface area contributed by atoms with Crippen molar-refractivity contribution in [1.82, 2.24) is 4.31 Å². The number of hydrogen-bond donors (Lipinski definition) is 1. The van der Waals surface area contributed by atoms with Gasteiger partial charge in [0.2, 0.25) is 15.9 Å². The van der Waals surface area contributed by atoms with Gasteiger partial charge < -0.3 is 5.32 Å². The molecule has 0 aliphatic carbocycles. The summed E-state index contributed by atoms with van der Waals surface area (Å²) in [5.41, 5.74) is 4.22. The molecular weight excluding hydrogens is 467 g/mol. The molecule has 32 heavy (non-hydrogen) atoms. The van der Waals surface area contributed by atoms with E-state index in [0.29, 0.717) is 21.3 Å². The summed E-state index contributed by atoms with van der Waals surface area (Å²) in [5, 5.41) is 3.56. The van der Waals surface area contributed by atoms with E-state index in [1.165, 1.54) is 12.1 Å². The van der Waals surface area contributed by atoms with Crippen molar-refractivity contribution >= 4 is 44.8 Å². The van der Waals surface area contributed by atoms with Gasteiger partial charge >= 0.3 is 0 Å². The molecule has 0 aromatic heterocycles. The van der Waals surface area contributed by atoms with Gasteiger partial charge in [-0.2, -0.15) is 4.31 Å². The Morgan fingerprint density at radius 3 is 2.22 bits per heavy atom. The molecule has 0 fully saturated rings. The van der Waals surface area contributed by atoms with Gasteiger partial charge in [0.15, 0.2) is 0 Å². The predicted molar refractivity (Wildman–Crippen MR) is 130 cm³/mol. The molecule has 1 N–H and O–H groups in total. The van der Waals surface area contributed by atoms with Crippen molar-refractivity contribution < 1.29 is 13.2 Å². The molecule has 168 valence electrons. The van der Waals surface area contributed by atoms with Gasteiger partial charge in [-0.3, -0.25) is 4.79 Å². The van der Waals surface area contributed by atoms with E-state index >= 15 is 0 Å². The van der Waals surface area contributed by atoms with Gasteiger partial charge in [-0.15, -0.1) is 0 Å². The summed E-state index contributed by atoms with van der Waals surface area (Å²) in [6, 6.07) is 16.9. The molecule has 0 atom stereocenters. The van der Waals surface area contributed by atoms with E-state index in [9.17, 15) is 13.2 Å². The van der Waals surface area contributed by atoms with Crippen LogP contribution in [0, 0.1) is 20.8 Å². The number of nitrogens with zero attached hydrogens (tertiary/aromatic N) is 1. The molecule has 3 aromatic carbocycles. The van der Waals surface area contributed by atoms with E-state index in [0.717, 1.165) is 21.0 Å². The Bertz CT molecular complexity index is 1240. The Hall–Kier alpha value is -2.38. The zero-order chi connectivity index (χ0) is 23.5. The van der Waals surface area contributed by atoms with Gasteiger partial charge in [0, 0.05) is 22.3 Å². The fourth-order valence-electron chi connectivity index (χ4n) is 3.10. The van der Waals surface area contributed by atoms with Crippen LogP contribution in [0.5, 0.6) is 0 Å². The van der Waals surface area contributed by atoms with Crippen molar-refractivity contribution in [2.45, 2.75) is 32.2 Å². The number of carbonyl (C=O) groups is 1. The van der Waals surface area contributed by atoms with Gasteiger partial charge in [-0.05, 0) is 73.9 Å². The molecule has 0 saturated carbocycles. The second-order valence-corrected chi connectivity index (χ2v) is 10.5. The van der Waals surface area contributed by atoms with Crippen LogP contribution in [0.3, 0.4) is 0 Å². The minimum atomic E-state index is -3.96. The lowest BCUT2D eigenvalue weighted by atomic mass is 10.1. The number of hydrogen-bond acceptors (Lipinski definition) is 3. The minimum Gasteiger partial charge on any atom is -0.325 e. The SMILES string of the molecule is Cc1ccc(S(=O)(=O)N(CC(=O)Nc2ccc(C)c(C)c2)Cc2ccc(Cl)cc2Cl)cc1. The molecule has 0 unspecified atom stereocenters. The Labute approximate surface area is 199 Å². The summed E-state index contributed by atoms with van der Waals surface area (Å²) in [5.74, 6) is -0.450. The number of aryl methyl sites for hydroxylation is 3. The number of nitrogens with one attached hydrogen (secondary N) is 1. The summed E-state index contributed by atoms with van der Waals surface area (Å²) < 4.78 is 27.9. The van der Waals surface area contributed by atoms with Crippen LogP contribution in [0.15, 0.2) is 65.6 Å². The molecule has 0 heterocycles. The quantitative estimate of drug-likeness (QED) is 0.458. The number of carbonyl (C=O) groups excluding carboxylic acids is 1. The highest BCUT2D eigenvalue weighted by Gasteiger charge is 2.27. The smallest absolute Gasteiger partial charge is 0.243 e. The molecule has 3 aromatic rings. The summed E-state index contributed by atoms with van der Waals surface area (Å²) >= 11 is 12.3. The van der Waals surface area contributed by atoms with Crippen LogP contribution in [0.2, 0.25) is 10.0 Å². The number of amides is 1. The standard InChI is InChI=1S/C24H24Cl2N2O3S/c1-16-4-10-22(11-5-16)32(30,31)28(14-19-7-8-20(25)13-23(19)26)15-24(29)27-21-9-6-17(2)18(3)12-21/h4-13H,14-15H2,1-3H3,(H,27,29). The number of sulfonamides is 1. The zero-order valence-corrected chi connectivity index (χ0v) is 20.4. The molecule has 0 aliphatic rings. The summed E-state index contributed by atoms with van der Waals surface area (Å²) in [6.45, 7) is 5.35. The Kier molecular flexibility index (Phi) is 7.62. The van der Waals surface area contributed by atoms with Crippen LogP contribution in [-0.4, -0.2) is 25.2 Å². The number of benzene rings is 3. The highest BCUT2D eigenvalue weighted by molar-refractivity contribution is 7.89. The lowest BCUT2D eigenvalue weighted by Crippen LogP contribution is -2.37. The third kappa shape index (κ3) is 5.90. The average molecular weight is 491 g/mol. The van der Waals surface area contributed by atoms with Crippen LogP contribution >= 0.6 is 23.2 Å². The number of anilines is 1. The first-order chi connectivity index (χ1) is 15.1. The highest BCUT2D eigenvalue weighted by Crippen LogP contribution is 2.25. The molecule has 3 rings (SSSR count). The van der Waals surface area contributed by atoms with Crippen molar-refractivity contribution in [1.29, 1.82) is 0 Å². The van der Waals surface area contributed by atoms with Crippen LogP contribution in [0.4, 0.5) is 5.69 Å². The number of rotatable bonds is 7. The summed E-state index contributed by atoms with van der Waals surface area (Å²) in [6.07, 6.45) is 0. The van der Waals surface area contributed by atoms with Gasteiger partial charge in [-0.25, -0.2) is 8.42 Å². The van der Waals surface area contributed by atoms with E-state index in [1.54, 1.807) is 36.4 Å². The second kappa shape index (κ2) is 10.0. The lowest BCUT2D eigenvalue weighted by molar-refractivity contribution is -0.116. The maximum atomic E-state index is 13.4. The second-order valence-electron chi connectivity index (χ2n) is 7.67. The monoisotopic (exact) mass is 490 g/mol. The fourth-order valence-corrected chi connectivity index (χ4v) is 4.95. The van der Waals surface area contributed by atoms with Crippen LogP contribution in [0.25, 0.3) is 0 Å². The molecule has 8 heteroatoms. The van der Waals surface area contributed by atoms with Crippen LogP contribution in [-0.2, 0) is 21.4 Å². The summed E-state index contributed by atoms with van der Waals surface area (Å²) in [4.78, 5) is 12.9. The van der Waals surface area contributed by atoms with Crippen molar-refractivity contribution in [3.05, 3.63) is 93.0 Å². The molecule has 0 aliphatic heterocycles. The van der Waals surface area contributed by atoms with E-state index in [1.807, 2.05) is 32.9 Å². The predicted octanol–water partition coefficient (Wildman–Crippen LogP) is 5.75. The topological polar surface area (TPSA) is 66.5 Å². The molecular formula is C24H24Cl2N2O3S. The normalized spacial score (nSPS) is 11.6. The Morgan fingerprint density at radius 2 is 1.59 bits per heavy atom. The Balaban J connectivity index is 1.91. The third-order valence-electron chi connectivity index (χ3n) is 5.13. The van der Waals surface area contributed by atoms with Crippen molar-refractivity contribution in [2.24, 2.45) is 0 Å². The van der Waals surface area contributed by atoms with Crippen molar-refractivity contribution in [3.63, 3.8) is 0 Å². The Morgan fingerprint density at radius 1 is 0.906 bits per heavy atom. The van der Waals surface area contributed by atoms with Crippen molar-refractivity contribution in [2.75, 3.05) is 11.9 Å². The lowest BCUT2D eigenvalue weighted by Gasteiger charge is -2.23. The van der Waals surface area contributed by atoms with E-state index in [-0.39, 0.29) is 18.0 Å². The zero-order valence-electron chi connectivity index (χ0n) is 18.0. The maximum Gasteiger partial charge on any atom is 0.243 e. The largest absolute Gasteiger partial charge is 0.325 e. The molecule has 1 amide bonds. The number of halogens is 2. The maximum absolute atomic E-state index is 13.4. The van der Waals surface area contributed by atoms with E-state index in [2.05, 4.69) is 5.32 Å². The van der Waals surface area contributed by atoms with Crippen molar-refractivity contribution in [3.8, 4) is 0 Å². The average Bonchev–Trinajstić information content (AvgIpc) is 2.72. The third-order valence-corrected chi connectivity index (χ3v) is 7.52. The fraction of sp³-hybridized carbons (Fsp3) is 0.208. The highest BCUT2D eigenvalue weighted by atomic mass is 35.5. The molecule has 0 spiro atoms. The molecule has 5 nitrogen and oxygen atoms in total. The first kappa shape index (κ1) is 24.3.